The van der Waals surface area contributed by atoms with E-state index >= 15 is 0 Å². The van der Waals surface area contributed by atoms with Crippen molar-refractivity contribution in [1.29, 1.82) is 0 Å². The molecule has 1 unspecified atom stereocenters. The van der Waals surface area contributed by atoms with Gasteiger partial charge in [0.15, 0.2) is 0 Å². The van der Waals surface area contributed by atoms with Crippen LogP contribution >= 0.6 is 35.0 Å². The first-order valence-corrected chi connectivity index (χ1v) is 7.91. The molecule has 0 radical (unpaired) electrons. The third kappa shape index (κ3) is 3.22. The average molecular weight is 334 g/mol. The number of halogens is 2. The largest absolute Gasteiger partial charge is 0.479 e. The van der Waals surface area contributed by atoms with Crippen molar-refractivity contribution < 1.29 is 14.7 Å². The van der Waals surface area contributed by atoms with Gasteiger partial charge < -0.3 is 10.4 Å². The second-order valence-electron chi connectivity index (χ2n) is 4.62. The van der Waals surface area contributed by atoms with Gasteiger partial charge in [0.05, 0.1) is 6.42 Å². The summed E-state index contributed by atoms with van der Waals surface area (Å²) in [5, 5.41) is 12.7. The number of nitrogens with one attached hydrogen (secondary N) is 1. The Hall–Kier alpha value is -0.910. The van der Waals surface area contributed by atoms with Crippen molar-refractivity contribution in [2.45, 2.75) is 18.4 Å². The third-order valence-electron chi connectivity index (χ3n) is 3.21. The number of carboxylic acid groups (broad SMARTS) is 1. The molecule has 4 nitrogen and oxygen atoms in total. The fourth-order valence-corrected chi connectivity index (χ4v) is 3.92. The minimum atomic E-state index is -1.17. The summed E-state index contributed by atoms with van der Waals surface area (Å²) in [6, 6.07) is 4.99. The Kier molecular flexibility index (Phi) is 4.83. The standard InChI is InChI=1S/C13H13Cl2NO3S/c14-9-2-1-3-10(15)8(9)6-11(17)16-13(12(18)19)4-5-20-7-13/h1-3H,4-7H2,(H,16,17)(H,18,19). The molecule has 1 aromatic carbocycles. The molecular weight excluding hydrogens is 321 g/mol. The molecule has 1 fully saturated rings. The first-order valence-electron chi connectivity index (χ1n) is 6.00. The molecule has 0 saturated carbocycles. The van der Waals surface area contributed by atoms with Gasteiger partial charge in [-0.1, -0.05) is 29.3 Å². The highest BCUT2D eigenvalue weighted by atomic mass is 35.5. The summed E-state index contributed by atoms with van der Waals surface area (Å²) in [5.41, 5.74) is -0.658. The number of carboxylic acids is 1. The maximum absolute atomic E-state index is 12.1. The van der Waals surface area contributed by atoms with E-state index in [0.717, 1.165) is 5.75 Å². The van der Waals surface area contributed by atoms with Crippen molar-refractivity contribution in [2.24, 2.45) is 0 Å². The number of hydrogen-bond acceptors (Lipinski definition) is 3. The monoisotopic (exact) mass is 333 g/mol. The van der Waals surface area contributed by atoms with E-state index < -0.39 is 11.5 Å². The van der Waals surface area contributed by atoms with Crippen molar-refractivity contribution in [1.82, 2.24) is 5.32 Å². The minimum Gasteiger partial charge on any atom is -0.479 e. The average Bonchev–Trinajstić information content (AvgIpc) is 2.84. The topological polar surface area (TPSA) is 66.4 Å². The molecule has 1 aromatic rings. The van der Waals surface area contributed by atoms with Gasteiger partial charge in [-0.05, 0) is 29.9 Å². The molecule has 108 valence electrons. The fraction of sp³-hybridized carbons (Fsp3) is 0.385. The zero-order chi connectivity index (χ0) is 14.8. The van der Waals surface area contributed by atoms with Gasteiger partial charge in [-0.3, -0.25) is 4.79 Å². The molecule has 2 N–H and O–H groups in total. The summed E-state index contributed by atoms with van der Waals surface area (Å²) in [5.74, 6) is -0.282. The molecule has 0 bridgehead atoms. The Morgan fingerprint density at radius 2 is 2.00 bits per heavy atom. The first-order chi connectivity index (χ1) is 9.44. The molecule has 0 aromatic heterocycles. The van der Waals surface area contributed by atoms with E-state index in [0.29, 0.717) is 27.8 Å². The highest BCUT2D eigenvalue weighted by Crippen LogP contribution is 2.29. The predicted octanol–water partition coefficient (Wildman–Crippen LogP) is 2.61. The molecule has 1 heterocycles. The van der Waals surface area contributed by atoms with E-state index in [9.17, 15) is 14.7 Å². The van der Waals surface area contributed by atoms with Crippen molar-refractivity contribution >= 4 is 46.8 Å². The van der Waals surface area contributed by atoms with Gasteiger partial charge in [-0.15, -0.1) is 0 Å². The number of carbonyl (C=O) groups excluding carboxylic acids is 1. The zero-order valence-corrected chi connectivity index (χ0v) is 12.8. The quantitative estimate of drug-likeness (QED) is 0.888. The number of carbonyl (C=O) groups is 2. The van der Waals surface area contributed by atoms with E-state index in [-0.39, 0.29) is 12.3 Å². The van der Waals surface area contributed by atoms with Crippen molar-refractivity contribution in [3.8, 4) is 0 Å². The van der Waals surface area contributed by atoms with Gasteiger partial charge in [0, 0.05) is 15.8 Å². The number of amides is 1. The van der Waals surface area contributed by atoms with Crippen LogP contribution in [0.2, 0.25) is 10.0 Å². The summed E-state index contributed by atoms with van der Waals surface area (Å²) in [4.78, 5) is 23.4. The molecule has 2 rings (SSSR count). The molecule has 1 atom stereocenters. The lowest BCUT2D eigenvalue weighted by atomic mass is 9.98. The molecule has 1 saturated heterocycles. The molecular formula is C13H13Cl2NO3S. The molecule has 20 heavy (non-hydrogen) atoms. The van der Waals surface area contributed by atoms with Gasteiger partial charge in [0.2, 0.25) is 5.91 Å². The van der Waals surface area contributed by atoms with Crippen molar-refractivity contribution in [3.63, 3.8) is 0 Å². The van der Waals surface area contributed by atoms with Crippen LogP contribution < -0.4 is 5.32 Å². The van der Waals surface area contributed by atoms with Crippen molar-refractivity contribution in [3.05, 3.63) is 33.8 Å². The highest BCUT2D eigenvalue weighted by molar-refractivity contribution is 7.99. The summed E-state index contributed by atoms with van der Waals surface area (Å²) < 4.78 is 0. The van der Waals surface area contributed by atoms with Crippen LogP contribution in [0.25, 0.3) is 0 Å². The number of benzene rings is 1. The van der Waals surface area contributed by atoms with E-state index in [2.05, 4.69) is 5.32 Å². The van der Waals surface area contributed by atoms with E-state index in [1.54, 1.807) is 18.2 Å². The number of thioether (sulfide) groups is 1. The van der Waals surface area contributed by atoms with Gasteiger partial charge in [0.25, 0.3) is 0 Å². The smallest absolute Gasteiger partial charge is 0.330 e. The Bertz CT molecular complexity index is 524. The molecule has 0 aliphatic carbocycles. The van der Waals surface area contributed by atoms with Crippen LogP contribution in [0.15, 0.2) is 18.2 Å². The third-order valence-corrected chi connectivity index (χ3v) is 5.11. The number of hydrogen-bond donors (Lipinski definition) is 2. The minimum absolute atomic E-state index is 0.0296. The Morgan fingerprint density at radius 1 is 1.35 bits per heavy atom. The number of aliphatic carboxylic acids is 1. The molecule has 1 amide bonds. The number of rotatable bonds is 4. The Morgan fingerprint density at radius 3 is 2.50 bits per heavy atom. The Labute approximate surface area is 130 Å². The van der Waals surface area contributed by atoms with Crippen molar-refractivity contribution in [2.75, 3.05) is 11.5 Å². The maximum Gasteiger partial charge on any atom is 0.330 e. The second kappa shape index (κ2) is 6.24. The summed E-state index contributed by atoms with van der Waals surface area (Å²) >= 11 is 13.5. The SMILES string of the molecule is O=C(Cc1c(Cl)cccc1Cl)NC1(C(=O)O)CCSC1. The van der Waals surface area contributed by atoms with E-state index in [4.69, 9.17) is 23.2 Å². The summed E-state index contributed by atoms with van der Waals surface area (Å²) in [6.07, 6.45) is 0.396. The zero-order valence-electron chi connectivity index (χ0n) is 10.5. The normalized spacial score (nSPS) is 21.7. The van der Waals surface area contributed by atoms with Crippen LogP contribution in [0.1, 0.15) is 12.0 Å². The van der Waals surface area contributed by atoms with Crippen LogP contribution in [0.4, 0.5) is 0 Å². The molecule has 0 spiro atoms. The molecule has 1 aliphatic heterocycles. The van der Waals surface area contributed by atoms with Crippen LogP contribution in [-0.4, -0.2) is 34.0 Å². The first kappa shape index (κ1) is 15.5. The van der Waals surface area contributed by atoms with Crippen LogP contribution in [0.3, 0.4) is 0 Å². The van der Waals surface area contributed by atoms with E-state index in [1.165, 1.54) is 11.8 Å². The predicted molar refractivity (Wildman–Crippen MR) is 80.6 cm³/mol. The van der Waals surface area contributed by atoms with Crippen LogP contribution in [-0.2, 0) is 16.0 Å². The van der Waals surface area contributed by atoms with E-state index in [1.807, 2.05) is 0 Å². The van der Waals surface area contributed by atoms with Gasteiger partial charge in [0.1, 0.15) is 5.54 Å². The summed E-state index contributed by atoms with van der Waals surface area (Å²) in [7, 11) is 0. The molecule has 7 heteroatoms. The van der Waals surface area contributed by atoms with Gasteiger partial charge >= 0.3 is 5.97 Å². The lowest BCUT2D eigenvalue weighted by Gasteiger charge is -2.24. The maximum atomic E-state index is 12.1. The van der Waals surface area contributed by atoms with Crippen LogP contribution in [0.5, 0.6) is 0 Å². The summed E-state index contributed by atoms with van der Waals surface area (Å²) in [6.45, 7) is 0. The highest BCUT2D eigenvalue weighted by Gasteiger charge is 2.43. The lowest BCUT2D eigenvalue weighted by molar-refractivity contribution is -0.146. The Balaban J connectivity index is 2.11. The van der Waals surface area contributed by atoms with Crippen LogP contribution in [0, 0.1) is 0 Å². The second-order valence-corrected chi connectivity index (χ2v) is 6.53. The fourth-order valence-electron chi connectivity index (χ4n) is 2.06. The van der Waals surface area contributed by atoms with Gasteiger partial charge in [-0.2, -0.15) is 11.8 Å². The van der Waals surface area contributed by atoms with Gasteiger partial charge in [-0.25, -0.2) is 4.79 Å². The molecule has 1 aliphatic rings. The lowest BCUT2D eigenvalue weighted by Crippen LogP contribution is -2.55.